The summed E-state index contributed by atoms with van der Waals surface area (Å²) in [5.74, 6) is -0.658. The van der Waals surface area contributed by atoms with E-state index in [1.54, 1.807) is 18.1 Å². The standard InChI is InChI=1S/C17H24FNO4/c1-22-9-7-17(12-20)6-3-8-19(11-17)16(21)13-4-5-15(23-2)14(18)10-13/h4-5,10,20H,3,6-9,11-12H2,1-2H3/t17-/m1/s1. The lowest BCUT2D eigenvalue weighted by atomic mass is 9.78. The van der Waals surface area contributed by atoms with Gasteiger partial charge in [-0.25, -0.2) is 4.39 Å². The number of amides is 1. The highest BCUT2D eigenvalue weighted by atomic mass is 19.1. The van der Waals surface area contributed by atoms with E-state index in [-0.39, 0.29) is 23.7 Å². The number of likely N-dealkylation sites (tertiary alicyclic amines) is 1. The first-order valence-electron chi connectivity index (χ1n) is 7.78. The Morgan fingerprint density at radius 1 is 1.43 bits per heavy atom. The Morgan fingerprint density at radius 3 is 2.83 bits per heavy atom. The summed E-state index contributed by atoms with van der Waals surface area (Å²) in [6, 6.07) is 4.22. The van der Waals surface area contributed by atoms with Crippen LogP contribution < -0.4 is 4.74 Å². The van der Waals surface area contributed by atoms with Crippen LogP contribution in [0.25, 0.3) is 0 Å². The smallest absolute Gasteiger partial charge is 0.253 e. The quantitative estimate of drug-likeness (QED) is 0.870. The molecule has 1 saturated heterocycles. The minimum Gasteiger partial charge on any atom is -0.494 e. The highest BCUT2D eigenvalue weighted by Gasteiger charge is 2.36. The molecule has 1 aliphatic heterocycles. The number of aliphatic hydroxyl groups excluding tert-OH is 1. The second-order valence-electron chi connectivity index (χ2n) is 6.08. The number of piperidine rings is 1. The third-order valence-electron chi connectivity index (χ3n) is 4.52. The van der Waals surface area contributed by atoms with E-state index in [1.807, 2.05) is 0 Å². The number of carbonyl (C=O) groups excluding carboxylic acids is 1. The van der Waals surface area contributed by atoms with Gasteiger partial charge in [0.05, 0.1) is 13.7 Å². The number of benzene rings is 1. The summed E-state index contributed by atoms with van der Waals surface area (Å²) in [6.45, 7) is 1.62. The first-order valence-corrected chi connectivity index (χ1v) is 7.78. The largest absolute Gasteiger partial charge is 0.494 e. The molecule has 1 aliphatic rings. The van der Waals surface area contributed by atoms with Gasteiger partial charge < -0.3 is 19.5 Å². The Kier molecular flexibility index (Phi) is 5.96. The van der Waals surface area contributed by atoms with E-state index in [1.165, 1.54) is 19.2 Å². The molecule has 1 N–H and O–H groups in total. The molecule has 0 aromatic heterocycles. The van der Waals surface area contributed by atoms with E-state index in [0.29, 0.717) is 31.7 Å². The van der Waals surface area contributed by atoms with Crippen LogP contribution in [0.1, 0.15) is 29.6 Å². The second-order valence-corrected chi connectivity index (χ2v) is 6.08. The molecule has 1 atom stereocenters. The van der Waals surface area contributed by atoms with Crippen molar-refractivity contribution in [1.82, 2.24) is 4.90 Å². The number of hydrogen-bond acceptors (Lipinski definition) is 4. The maximum atomic E-state index is 13.8. The summed E-state index contributed by atoms with van der Waals surface area (Å²) < 4.78 is 23.8. The molecule has 0 aliphatic carbocycles. The van der Waals surface area contributed by atoms with Crippen LogP contribution >= 0.6 is 0 Å². The lowest BCUT2D eigenvalue weighted by molar-refractivity contribution is 0.00896. The summed E-state index contributed by atoms with van der Waals surface area (Å²) >= 11 is 0. The van der Waals surface area contributed by atoms with Gasteiger partial charge in [-0.1, -0.05) is 0 Å². The molecule has 0 saturated carbocycles. The number of hydrogen-bond donors (Lipinski definition) is 1. The molecule has 6 heteroatoms. The molecular weight excluding hydrogens is 301 g/mol. The number of halogens is 1. The molecule has 1 fully saturated rings. The van der Waals surface area contributed by atoms with Crippen LogP contribution in [-0.2, 0) is 4.74 Å². The number of nitrogens with zero attached hydrogens (tertiary/aromatic N) is 1. The van der Waals surface area contributed by atoms with Gasteiger partial charge in [-0.3, -0.25) is 4.79 Å². The van der Waals surface area contributed by atoms with Crippen molar-refractivity contribution in [2.45, 2.75) is 19.3 Å². The molecule has 5 nitrogen and oxygen atoms in total. The van der Waals surface area contributed by atoms with Crippen LogP contribution in [0.2, 0.25) is 0 Å². The Morgan fingerprint density at radius 2 is 2.22 bits per heavy atom. The molecule has 0 radical (unpaired) electrons. The van der Waals surface area contributed by atoms with Crippen molar-refractivity contribution in [3.8, 4) is 5.75 Å². The van der Waals surface area contributed by atoms with E-state index in [2.05, 4.69) is 0 Å². The lowest BCUT2D eigenvalue weighted by Crippen LogP contribution is -2.48. The van der Waals surface area contributed by atoms with Gasteiger partial charge in [0, 0.05) is 37.8 Å². The van der Waals surface area contributed by atoms with Crippen LogP contribution in [-0.4, -0.2) is 56.4 Å². The van der Waals surface area contributed by atoms with Gasteiger partial charge in [0.25, 0.3) is 5.91 Å². The van der Waals surface area contributed by atoms with E-state index >= 15 is 0 Å². The molecule has 0 bridgehead atoms. The summed E-state index contributed by atoms with van der Waals surface area (Å²) in [5.41, 5.74) is -0.0432. The zero-order valence-corrected chi connectivity index (χ0v) is 13.7. The highest BCUT2D eigenvalue weighted by molar-refractivity contribution is 5.94. The second kappa shape index (κ2) is 7.75. The van der Waals surface area contributed by atoms with E-state index < -0.39 is 5.82 Å². The van der Waals surface area contributed by atoms with Crippen molar-refractivity contribution in [3.05, 3.63) is 29.6 Å². The predicted octanol–water partition coefficient (Wildman–Crippen LogP) is 2.09. The van der Waals surface area contributed by atoms with E-state index in [0.717, 1.165) is 12.8 Å². The topological polar surface area (TPSA) is 59.0 Å². The Labute approximate surface area is 136 Å². The molecule has 1 amide bonds. The number of carbonyl (C=O) groups is 1. The van der Waals surface area contributed by atoms with Gasteiger partial charge in [0.1, 0.15) is 0 Å². The van der Waals surface area contributed by atoms with Crippen LogP contribution in [0, 0.1) is 11.2 Å². The number of aliphatic hydroxyl groups is 1. The minimum absolute atomic E-state index is 0.0110. The normalized spacial score (nSPS) is 21.3. The minimum atomic E-state index is -0.553. The zero-order chi connectivity index (χ0) is 16.9. The van der Waals surface area contributed by atoms with Crippen molar-refractivity contribution in [2.24, 2.45) is 5.41 Å². The molecule has 23 heavy (non-hydrogen) atoms. The molecule has 1 heterocycles. The highest BCUT2D eigenvalue weighted by Crippen LogP contribution is 2.34. The van der Waals surface area contributed by atoms with Crippen molar-refractivity contribution in [3.63, 3.8) is 0 Å². The van der Waals surface area contributed by atoms with Crippen molar-refractivity contribution in [2.75, 3.05) is 40.5 Å². The Balaban J connectivity index is 2.13. The van der Waals surface area contributed by atoms with Crippen molar-refractivity contribution in [1.29, 1.82) is 0 Å². The number of rotatable bonds is 6. The van der Waals surface area contributed by atoms with Crippen molar-refractivity contribution >= 4 is 5.91 Å². The molecular formula is C17H24FNO4. The van der Waals surface area contributed by atoms with Gasteiger partial charge in [-0.2, -0.15) is 0 Å². The van der Waals surface area contributed by atoms with Crippen molar-refractivity contribution < 1.29 is 23.8 Å². The summed E-state index contributed by atoms with van der Waals surface area (Å²) in [4.78, 5) is 14.3. The molecule has 128 valence electrons. The summed E-state index contributed by atoms with van der Waals surface area (Å²) in [7, 11) is 3.01. The van der Waals surface area contributed by atoms with Gasteiger partial charge in [0.15, 0.2) is 11.6 Å². The van der Waals surface area contributed by atoms with Gasteiger partial charge in [0.2, 0.25) is 0 Å². The first kappa shape index (κ1) is 17.7. The average Bonchev–Trinajstić information content (AvgIpc) is 2.59. The molecule has 0 spiro atoms. The van der Waals surface area contributed by atoms with Crippen LogP contribution in [0.5, 0.6) is 5.75 Å². The fourth-order valence-electron chi connectivity index (χ4n) is 3.09. The first-order chi connectivity index (χ1) is 11.0. The van der Waals surface area contributed by atoms with E-state index in [9.17, 15) is 14.3 Å². The monoisotopic (exact) mass is 325 g/mol. The summed E-state index contributed by atoms with van der Waals surface area (Å²) in [6.07, 6.45) is 2.36. The summed E-state index contributed by atoms with van der Waals surface area (Å²) in [5, 5.41) is 9.78. The van der Waals surface area contributed by atoms with Crippen LogP contribution in [0.15, 0.2) is 18.2 Å². The Hall–Kier alpha value is -1.66. The van der Waals surface area contributed by atoms with Crippen LogP contribution in [0.3, 0.4) is 0 Å². The average molecular weight is 325 g/mol. The molecule has 1 aromatic rings. The number of methoxy groups -OCH3 is 2. The maximum absolute atomic E-state index is 13.8. The van der Waals surface area contributed by atoms with Gasteiger partial charge in [-0.05, 0) is 37.5 Å². The Bertz CT molecular complexity index is 551. The maximum Gasteiger partial charge on any atom is 0.253 e. The lowest BCUT2D eigenvalue weighted by Gasteiger charge is -2.41. The third-order valence-corrected chi connectivity index (χ3v) is 4.52. The molecule has 1 aromatic carbocycles. The van der Waals surface area contributed by atoms with E-state index in [4.69, 9.17) is 9.47 Å². The van der Waals surface area contributed by atoms with Gasteiger partial charge in [-0.15, -0.1) is 0 Å². The fraction of sp³-hybridized carbons (Fsp3) is 0.588. The molecule has 0 unspecified atom stereocenters. The predicted molar refractivity (Wildman–Crippen MR) is 84.1 cm³/mol. The van der Waals surface area contributed by atoms with Crippen LogP contribution in [0.4, 0.5) is 4.39 Å². The third kappa shape index (κ3) is 4.00. The molecule has 2 rings (SSSR count). The van der Waals surface area contributed by atoms with Gasteiger partial charge >= 0.3 is 0 Å². The SMILES string of the molecule is COCC[C@]1(CO)CCCN(C(=O)c2ccc(OC)c(F)c2)C1. The number of ether oxygens (including phenoxy) is 2. The fourth-order valence-corrected chi connectivity index (χ4v) is 3.09. The zero-order valence-electron chi connectivity index (χ0n) is 13.7.